The van der Waals surface area contributed by atoms with Crippen molar-refractivity contribution in [3.05, 3.63) is 17.0 Å². The zero-order valence-corrected chi connectivity index (χ0v) is 10.1. The first kappa shape index (κ1) is 12.9. The van der Waals surface area contributed by atoms with Crippen molar-refractivity contribution in [1.29, 1.82) is 0 Å². The van der Waals surface area contributed by atoms with Crippen LogP contribution in [-0.2, 0) is 0 Å². The number of hydrogen-bond donors (Lipinski definition) is 2. The maximum absolute atomic E-state index is 13.0. The van der Waals surface area contributed by atoms with Crippen molar-refractivity contribution in [1.82, 2.24) is 19.6 Å². The zero-order chi connectivity index (χ0) is 13.3. The second kappa shape index (κ2) is 4.62. The molecule has 2 rings (SSSR count). The molecule has 0 spiro atoms. The van der Waals surface area contributed by atoms with E-state index in [1.807, 2.05) is 0 Å². The molecule has 0 aliphatic heterocycles. The molecule has 18 heavy (non-hydrogen) atoms. The van der Waals surface area contributed by atoms with Crippen LogP contribution in [0.15, 0.2) is 6.33 Å². The summed E-state index contributed by atoms with van der Waals surface area (Å²) in [6.07, 6.45) is 1.24. The summed E-state index contributed by atoms with van der Waals surface area (Å²) >= 11 is 5.86. The van der Waals surface area contributed by atoms with Crippen LogP contribution < -0.4 is 5.32 Å². The molecule has 2 N–H and O–H groups in total. The van der Waals surface area contributed by atoms with E-state index in [1.54, 1.807) is 6.92 Å². The predicted octanol–water partition coefficient (Wildman–Crippen LogP) is 1.13. The third-order valence-electron chi connectivity index (χ3n) is 2.35. The van der Waals surface area contributed by atoms with Crippen LogP contribution in [0.25, 0.3) is 5.78 Å². The largest absolute Gasteiger partial charge is 0.390 e. The van der Waals surface area contributed by atoms with Crippen LogP contribution in [0.3, 0.4) is 0 Å². The molecule has 0 saturated carbocycles. The van der Waals surface area contributed by atoms with Gasteiger partial charge in [0.15, 0.2) is 0 Å². The number of anilines is 1. The molecule has 0 aromatic carbocycles. The number of aliphatic hydroxyl groups excluding tert-OH is 1. The SMILES string of the molecule is Cc1c(Cl)nc2ncnn2c1NCC(F)(F)CO. The maximum atomic E-state index is 13.0. The number of rotatable bonds is 4. The normalized spacial score (nSPS) is 12.1. The molecule has 0 aliphatic carbocycles. The maximum Gasteiger partial charge on any atom is 0.287 e. The topological polar surface area (TPSA) is 75.3 Å². The van der Waals surface area contributed by atoms with Gasteiger partial charge in [0, 0.05) is 5.56 Å². The summed E-state index contributed by atoms with van der Waals surface area (Å²) < 4.78 is 27.3. The predicted molar refractivity (Wildman–Crippen MR) is 61.1 cm³/mol. The highest BCUT2D eigenvalue weighted by molar-refractivity contribution is 6.30. The number of hydrogen-bond acceptors (Lipinski definition) is 5. The lowest BCUT2D eigenvalue weighted by Gasteiger charge is -2.16. The Hall–Kier alpha value is -1.54. The Morgan fingerprint density at radius 3 is 2.94 bits per heavy atom. The summed E-state index contributed by atoms with van der Waals surface area (Å²) in [5.41, 5.74) is 0.475. The van der Waals surface area contributed by atoms with Gasteiger partial charge < -0.3 is 10.4 Å². The molecule has 2 aromatic heterocycles. The van der Waals surface area contributed by atoms with Gasteiger partial charge in [0.05, 0.1) is 6.54 Å². The molecule has 6 nitrogen and oxygen atoms in total. The van der Waals surface area contributed by atoms with Gasteiger partial charge in [-0.25, -0.2) is 8.78 Å². The fraction of sp³-hybridized carbons (Fsp3) is 0.444. The van der Waals surface area contributed by atoms with Crippen molar-refractivity contribution in [2.75, 3.05) is 18.5 Å². The van der Waals surface area contributed by atoms with Crippen molar-refractivity contribution in [3.63, 3.8) is 0 Å². The minimum absolute atomic E-state index is 0.158. The van der Waals surface area contributed by atoms with Gasteiger partial charge in [-0.3, -0.25) is 0 Å². The van der Waals surface area contributed by atoms with Gasteiger partial charge in [0.2, 0.25) is 0 Å². The molecule has 0 amide bonds. The van der Waals surface area contributed by atoms with Crippen molar-refractivity contribution in [2.45, 2.75) is 12.8 Å². The average molecular weight is 278 g/mol. The monoisotopic (exact) mass is 277 g/mol. The Balaban J connectivity index is 2.37. The minimum atomic E-state index is -3.23. The van der Waals surface area contributed by atoms with E-state index in [0.717, 1.165) is 0 Å². The molecule has 2 aromatic rings. The van der Waals surface area contributed by atoms with Gasteiger partial charge in [0.25, 0.3) is 11.7 Å². The fourth-order valence-electron chi connectivity index (χ4n) is 1.37. The Morgan fingerprint density at radius 1 is 1.56 bits per heavy atom. The van der Waals surface area contributed by atoms with Crippen molar-refractivity contribution >= 4 is 23.2 Å². The van der Waals surface area contributed by atoms with E-state index in [1.165, 1.54) is 10.8 Å². The second-order valence-corrected chi connectivity index (χ2v) is 4.07. The molecule has 0 bridgehead atoms. The zero-order valence-electron chi connectivity index (χ0n) is 9.36. The minimum Gasteiger partial charge on any atom is -0.390 e. The molecular weight excluding hydrogens is 268 g/mol. The molecule has 9 heteroatoms. The van der Waals surface area contributed by atoms with Crippen molar-refractivity contribution in [2.24, 2.45) is 0 Å². The number of fused-ring (bicyclic) bond motifs is 1. The van der Waals surface area contributed by atoms with Crippen LogP contribution in [0.2, 0.25) is 5.15 Å². The smallest absolute Gasteiger partial charge is 0.287 e. The van der Waals surface area contributed by atoms with E-state index in [2.05, 4.69) is 20.4 Å². The lowest BCUT2D eigenvalue weighted by Crippen LogP contribution is -2.31. The van der Waals surface area contributed by atoms with Gasteiger partial charge in [0.1, 0.15) is 23.9 Å². The summed E-state index contributed by atoms with van der Waals surface area (Å²) in [7, 11) is 0. The van der Waals surface area contributed by atoms with Crippen molar-refractivity contribution < 1.29 is 13.9 Å². The van der Waals surface area contributed by atoms with Crippen LogP contribution in [0.5, 0.6) is 0 Å². The van der Waals surface area contributed by atoms with Gasteiger partial charge in [-0.15, -0.1) is 0 Å². The van der Waals surface area contributed by atoms with E-state index in [4.69, 9.17) is 16.7 Å². The number of aromatic nitrogens is 4. The lowest BCUT2D eigenvalue weighted by atomic mass is 10.3. The molecule has 0 fully saturated rings. The van der Waals surface area contributed by atoms with E-state index >= 15 is 0 Å². The fourth-order valence-corrected chi connectivity index (χ4v) is 1.54. The third-order valence-corrected chi connectivity index (χ3v) is 2.72. The molecule has 0 unspecified atom stereocenters. The van der Waals surface area contributed by atoms with E-state index in [0.29, 0.717) is 5.56 Å². The van der Waals surface area contributed by atoms with Crippen molar-refractivity contribution in [3.8, 4) is 0 Å². The quantitative estimate of drug-likeness (QED) is 0.819. The first-order chi connectivity index (χ1) is 8.44. The molecule has 0 aliphatic rings. The molecule has 2 heterocycles. The highest BCUT2D eigenvalue weighted by atomic mass is 35.5. The number of halogens is 3. The number of aliphatic hydroxyl groups is 1. The molecular formula is C9H10ClF2N5O. The Labute approximate surface area is 106 Å². The molecule has 98 valence electrons. The Kier molecular flexibility index (Phi) is 3.31. The summed E-state index contributed by atoms with van der Waals surface area (Å²) in [4.78, 5) is 7.76. The molecule has 0 saturated heterocycles. The van der Waals surface area contributed by atoms with Crippen LogP contribution in [-0.4, -0.2) is 43.8 Å². The Bertz CT molecular complexity index is 573. The number of nitrogens with one attached hydrogen (secondary N) is 1. The first-order valence-electron chi connectivity index (χ1n) is 5.03. The van der Waals surface area contributed by atoms with E-state index in [9.17, 15) is 8.78 Å². The van der Waals surface area contributed by atoms with E-state index in [-0.39, 0.29) is 16.7 Å². The Morgan fingerprint density at radius 2 is 2.28 bits per heavy atom. The second-order valence-electron chi connectivity index (χ2n) is 3.72. The summed E-state index contributed by atoms with van der Waals surface area (Å²) in [5.74, 6) is -2.74. The highest BCUT2D eigenvalue weighted by Crippen LogP contribution is 2.23. The molecule has 0 atom stereocenters. The third kappa shape index (κ3) is 2.34. The summed E-state index contributed by atoms with van der Waals surface area (Å²) in [5, 5.41) is 15.0. The van der Waals surface area contributed by atoms with Crippen LogP contribution in [0.4, 0.5) is 14.6 Å². The first-order valence-corrected chi connectivity index (χ1v) is 5.41. The van der Waals surface area contributed by atoms with Gasteiger partial charge in [-0.05, 0) is 6.92 Å². The lowest BCUT2D eigenvalue weighted by molar-refractivity contribution is -0.0373. The van der Waals surface area contributed by atoms with Crippen LogP contribution in [0.1, 0.15) is 5.56 Å². The standard InChI is InChI=1S/C9H10ClF2N5O/c1-5-6(10)16-8-14-4-15-17(8)7(5)13-2-9(11,12)3-18/h4,13,18H,2-3H2,1H3. The van der Waals surface area contributed by atoms with Gasteiger partial charge in [-0.2, -0.15) is 19.6 Å². The summed E-state index contributed by atoms with van der Waals surface area (Å²) in [6.45, 7) is -0.353. The van der Waals surface area contributed by atoms with E-state index < -0.39 is 19.1 Å². The average Bonchev–Trinajstić information content (AvgIpc) is 2.77. The number of alkyl halides is 2. The molecule has 0 radical (unpaired) electrons. The highest BCUT2D eigenvalue weighted by Gasteiger charge is 2.28. The summed E-state index contributed by atoms with van der Waals surface area (Å²) in [6, 6.07) is 0. The number of nitrogens with zero attached hydrogens (tertiary/aromatic N) is 4. The van der Waals surface area contributed by atoms with Crippen LogP contribution >= 0.6 is 11.6 Å². The van der Waals surface area contributed by atoms with Gasteiger partial charge in [-0.1, -0.05) is 11.6 Å². The van der Waals surface area contributed by atoms with Crippen LogP contribution in [0, 0.1) is 6.92 Å². The van der Waals surface area contributed by atoms with Gasteiger partial charge >= 0.3 is 0 Å².